The molecule has 0 spiro atoms. The molecule has 88 valence electrons. The summed E-state index contributed by atoms with van der Waals surface area (Å²) in [6.07, 6.45) is 0.372. The first-order chi connectivity index (χ1) is 7.04. The molecule has 15 heavy (non-hydrogen) atoms. The Morgan fingerprint density at radius 3 is 2.47 bits per heavy atom. The first-order valence-corrected chi connectivity index (χ1v) is 5.60. The fourth-order valence-electron chi connectivity index (χ4n) is 1.95. The third-order valence-corrected chi connectivity index (χ3v) is 2.62. The summed E-state index contributed by atoms with van der Waals surface area (Å²) in [5.74, 6) is -0.140. The van der Waals surface area contributed by atoms with Crippen LogP contribution in [0.5, 0.6) is 0 Å². The van der Waals surface area contributed by atoms with Crippen molar-refractivity contribution in [1.29, 1.82) is 0 Å². The maximum absolute atomic E-state index is 11.6. The van der Waals surface area contributed by atoms with Gasteiger partial charge in [0.2, 0.25) is 0 Å². The van der Waals surface area contributed by atoms with E-state index in [9.17, 15) is 4.79 Å². The van der Waals surface area contributed by atoms with Crippen molar-refractivity contribution in [2.75, 3.05) is 19.7 Å². The monoisotopic (exact) mass is 215 g/mol. The van der Waals surface area contributed by atoms with Crippen LogP contribution in [0, 0.1) is 0 Å². The van der Waals surface area contributed by atoms with Gasteiger partial charge in [0, 0.05) is 13.1 Å². The molecule has 1 saturated heterocycles. The average Bonchev–Trinajstić information content (AvgIpc) is 2.15. The van der Waals surface area contributed by atoms with E-state index in [0.717, 1.165) is 13.1 Å². The molecule has 1 aliphatic heterocycles. The first kappa shape index (κ1) is 12.5. The Morgan fingerprint density at radius 2 is 2.00 bits per heavy atom. The van der Waals surface area contributed by atoms with Gasteiger partial charge in [0.1, 0.15) is 6.04 Å². The molecule has 0 radical (unpaired) electrons. The van der Waals surface area contributed by atoms with Crippen LogP contribution in [-0.4, -0.2) is 48.8 Å². The number of nitrogens with zero attached hydrogens (tertiary/aromatic N) is 1. The van der Waals surface area contributed by atoms with Gasteiger partial charge in [-0.3, -0.25) is 9.69 Å². The minimum Gasteiger partial charge on any atom is -0.465 e. The topological polar surface area (TPSA) is 38.8 Å². The van der Waals surface area contributed by atoms with E-state index in [1.165, 1.54) is 0 Å². The van der Waals surface area contributed by atoms with Crippen molar-refractivity contribution in [1.82, 2.24) is 4.90 Å². The Bertz CT molecular complexity index is 210. The van der Waals surface area contributed by atoms with E-state index in [0.29, 0.717) is 6.61 Å². The van der Waals surface area contributed by atoms with E-state index in [4.69, 9.17) is 9.47 Å². The second-order valence-corrected chi connectivity index (χ2v) is 4.14. The number of carbonyl (C=O) groups is 1. The molecule has 0 bridgehead atoms. The van der Waals surface area contributed by atoms with E-state index < -0.39 is 0 Å². The fourth-order valence-corrected chi connectivity index (χ4v) is 1.95. The number of rotatable bonds is 3. The van der Waals surface area contributed by atoms with Crippen molar-refractivity contribution in [3.8, 4) is 0 Å². The molecule has 1 heterocycles. The number of morpholine rings is 1. The lowest BCUT2D eigenvalue weighted by molar-refractivity contribution is -0.153. The minimum absolute atomic E-state index is 0.140. The summed E-state index contributed by atoms with van der Waals surface area (Å²) in [7, 11) is 0. The molecule has 1 rings (SSSR count). The molecule has 0 unspecified atom stereocenters. The molecule has 0 aromatic carbocycles. The zero-order valence-electron chi connectivity index (χ0n) is 10.0. The van der Waals surface area contributed by atoms with Crippen LogP contribution < -0.4 is 0 Å². The van der Waals surface area contributed by atoms with Gasteiger partial charge in [-0.15, -0.1) is 0 Å². The Hall–Kier alpha value is -0.610. The maximum atomic E-state index is 11.6. The highest BCUT2D eigenvalue weighted by Crippen LogP contribution is 2.14. The van der Waals surface area contributed by atoms with Gasteiger partial charge in [0.15, 0.2) is 0 Å². The van der Waals surface area contributed by atoms with Gasteiger partial charge >= 0.3 is 5.97 Å². The number of esters is 1. The summed E-state index contributed by atoms with van der Waals surface area (Å²) in [4.78, 5) is 13.7. The van der Waals surface area contributed by atoms with E-state index in [-0.39, 0.29) is 24.2 Å². The predicted molar refractivity (Wildman–Crippen MR) is 57.7 cm³/mol. The highest BCUT2D eigenvalue weighted by molar-refractivity contribution is 5.75. The summed E-state index contributed by atoms with van der Waals surface area (Å²) in [5, 5.41) is 0. The summed E-state index contributed by atoms with van der Waals surface area (Å²) in [6, 6.07) is -0.168. The van der Waals surface area contributed by atoms with Gasteiger partial charge in [-0.05, 0) is 27.7 Å². The molecule has 3 atom stereocenters. The SMILES string of the molecule is CCOC(=O)[C@H](C)N1C[C@@H](C)O[C@@H](C)C1. The van der Waals surface area contributed by atoms with Crippen LogP contribution in [-0.2, 0) is 14.3 Å². The molecule has 0 aromatic rings. The van der Waals surface area contributed by atoms with Crippen LogP contribution in [0.2, 0.25) is 0 Å². The van der Waals surface area contributed by atoms with Gasteiger partial charge in [0.05, 0.1) is 18.8 Å². The van der Waals surface area contributed by atoms with Crippen LogP contribution in [0.4, 0.5) is 0 Å². The van der Waals surface area contributed by atoms with Gasteiger partial charge in [-0.2, -0.15) is 0 Å². The maximum Gasteiger partial charge on any atom is 0.323 e. The van der Waals surface area contributed by atoms with Crippen molar-refractivity contribution in [3.63, 3.8) is 0 Å². The molecular formula is C11H21NO3. The second kappa shape index (κ2) is 5.47. The highest BCUT2D eigenvalue weighted by Gasteiger charge is 2.29. The van der Waals surface area contributed by atoms with Gasteiger partial charge in [0.25, 0.3) is 0 Å². The zero-order chi connectivity index (χ0) is 11.4. The van der Waals surface area contributed by atoms with Crippen molar-refractivity contribution >= 4 is 5.97 Å². The molecule has 4 nitrogen and oxygen atoms in total. The largest absolute Gasteiger partial charge is 0.465 e. The lowest BCUT2D eigenvalue weighted by Gasteiger charge is -2.37. The minimum atomic E-state index is -0.168. The van der Waals surface area contributed by atoms with Crippen LogP contribution >= 0.6 is 0 Å². The average molecular weight is 215 g/mol. The first-order valence-electron chi connectivity index (χ1n) is 5.60. The molecule has 1 fully saturated rings. The second-order valence-electron chi connectivity index (χ2n) is 4.14. The number of carbonyl (C=O) groups excluding carboxylic acids is 1. The highest BCUT2D eigenvalue weighted by atomic mass is 16.5. The smallest absolute Gasteiger partial charge is 0.323 e. The number of hydrogen-bond donors (Lipinski definition) is 0. The molecule has 0 saturated carbocycles. The van der Waals surface area contributed by atoms with Crippen LogP contribution in [0.1, 0.15) is 27.7 Å². The van der Waals surface area contributed by atoms with E-state index >= 15 is 0 Å². The van der Waals surface area contributed by atoms with Gasteiger partial charge in [-0.1, -0.05) is 0 Å². The van der Waals surface area contributed by atoms with Crippen LogP contribution in [0.15, 0.2) is 0 Å². The number of hydrogen-bond acceptors (Lipinski definition) is 4. The summed E-state index contributed by atoms with van der Waals surface area (Å²) >= 11 is 0. The molecule has 0 amide bonds. The standard InChI is InChI=1S/C11H21NO3/c1-5-14-11(13)10(4)12-6-8(2)15-9(3)7-12/h8-10H,5-7H2,1-4H3/t8-,9+,10-/m0/s1. The Labute approximate surface area is 91.5 Å². The van der Waals surface area contributed by atoms with E-state index in [1.54, 1.807) is 0 Å². The third kappa shape index (κ3) is 3.47. The Balaban J connectivity index is 2.51. The Morgan fingerprint density at radius 1 is 1.47 bits per heavy atom. The van der Waals surface area contributed by atoms with E-state index in [1.807, 2.05) is 27.7 Å². The fraction of sp³-hybridized carbons (Fsp3) is 0.909. The van der Waals surface area contributed by atoms with E-state index in [2.05, 4.69) is 4.90 Å². The van der Waals surface area contributed by atoms with Crippen molar-refractivity contribution < 1.29 is 14.3 Å². The summed E-state index contributed by atoms with van der Waals surface area (Å²) < 4.78 is 10.6. The molecule has 0 N–H and O–H groups in total. The quantitative estimate of drug-likeness (QED) is 0.660. The molecule has 0 aliphatic carbocycles. The van der Waals surface area contributed by atoms with Crippen molar-refractivity contribution in [2.45, 2.75) is 45.9 Å². The van der Waals surface area contributed by atoms with Crippen molar-refractivity contribution in [3.05, 3.63) is 0 Å². The predicted octanol–water partition coefficient (Wildman–Crippen LogP) is 1.05. The van der Waals surface area contributed by atoms with Crippen molar-refractivity contribution in [2.24, 2.45) is 0 Å². The van der Waals surface area contributed by atoms with Gasteiger partial charge in [-0.25, -0.2) is 0 Å². The lowest BCUT2D eigenvalue weighted by atomic mass is 10.2. The molecule has 0 aromatic heterocycles. The van der Waals surface area contributed by atoms with Gasteiger partial charge < -0.3 is 9.47 Å². The molecular weight excluding hydrogens is 194 g/mol. The Kier molecular flexibility index (Phi) is 4.54. The molecule has 1 aliphatic rings. The van der Waals surface area contributed by atoms with Crippen LogP contribution in [0.25, 0.3) is 0 Å². The normalized spacial score (nSPS) is 29.9. The summed E-state index contributed by atoms with van der Waals surface area (Å²) in [6.45, 7) is 9.81. The third-order valence-electron chi connectivity index (χ3n) is 2.62. The van der Waals surface area contributed by atoms with Crippen LogP contribution in [0.3, 0.4) is 0 Å². The summed E-state index contributed by atoms with van der Waals surface area (Å²) in [5.41, 5.74) is 0. The molecule has 4 heteroatoms. The zero-order valence-corrected chi connectivity index (χ0v) is 10.0. The number of ether oxygens (including phenoxy) is 2. The lowest BCUT2D eigenvalue weighted by Crippen LogP contribution is -2.51.